The number of nitrogens with zero attached hydrogens (tertiary/aromatic N) is 2. The van der Waals surface area contributed by atoms with E-state index in [9.17, 15) is 14.7 Å². The second-order valence-electron chi connectivity index (χ2n) is 16.5. The summed E-state index contributed by atoms with van der Waals surface area (Å²) in [7, 11) is 0. The van der Waals surface area contributed by atoms with E-state index < -0.39 is 5.97 Å². The van der Waals surface area contributed by atoms with Crippen molar-refractivity contribution in [2.45, 2.75) is 110 Å². The van der Waals surface area contributed by atoms with Crippen molar-refractivity contribution in [2.75, 3.05) is 19.8 Å². The van der Waals surface area contributed by atoms with Crippen LogP contribution in [0.4, 0.5) is 0 Å². The molecule has 2 aromatic heterocycles. The first-order valence-electron chi connectivity index (χ1n) is 21.9. The van der Waals surface area contributed by atoms with Crippen LogP contribution in [0, 0.1) is 11.8 Å². The molecule has 4 aromatic rings. The number of rotatable bonds is 13. The summed E-state index contributed by atoms with van der Waals surface area (Å²) in [4.78, 5) is 32.0. The highest BCUT2D eigenvalue weighted by atomic mass is 79.9. The van der Waals surface area contributed by atoms with Gasteiger partial charge in [-0.2, -0.15) is 0 Å². The Morgan fingerprint density at radius 3 is 1.52 bits per heavy atom. The number of ether oxygens (including phenoxy) is 3. The fraction of sp³-hybridized carbons (Fsp3) is 0.440. The molecule has 0 aliphatic heterocycles. The smallest absolute Gasteiger partial charge is 0.339 e. The lowest BCUT2D eigenvalue weighted by atomic mass is 9.90. The zero-order valence-corrected chi connectivity index (χ0v) is 37.8. The zero-order valence-electron chi connectivity index (χ0n) is 34.7. The maximum Gasteiger partial charge on any atom is 0.339 e. The van der Waals surface area contributed by atoms with Gasteiger partial charge in [0.15, 0.2) is 0 Å². The van der Waals surface area contributed by atoms with Crippen molar-refractivity contribution in [1.82, 2.24) is 9.97 Å². The summed E-state index contributed by atoms with van der Waals surface area (Å²) >= 11 is 7.25. The molecule has 0 bridgehead atoms. The van der Waals surface area contributed by atoms with Crippen LogP contribution in [0.1, 0.15) is 153 Å². The van der Waals surface area contributed by atoms with Crippen LogP contribution in [-0.4, -0.2) is 46.8 Å². The van der Waals surface area contributed by atoms with E-state index >= 15 is 0 Å². The number of carboxylic acid groups (broad SMARTS) is 1. The first-order chi connectivity index (χ1) is 29.3. The predicted octanol–water partition coefficient (Wildman–Crippen LogP) is 13.7. The third-order valence-electron chi connectivity index (χ3n) is 12.3. The van der Waals surface area contributed by atoms with Gasteiger partial charge in [-0.3, -0.25) is 9.97 Å². The Morgan fingerprint density at radius 2 is 1.05 bits per heavy atom. The molecule has 1 N–H and O–H groups in total. The minimum Gasteiger partial charge on any atom is -0.493 e. The molecule has 8 rings (SSSR count). The normalized spacial score (nSPS) is 17.3. The summed E-state index contributed by atoms with van der Waals surface area (Å²) in [6.45, 7) is 3.73. The molecule has 0 unspecified atom stereocenters. The first-order valence-corrected chi connectivity index (χ1v) is 23.5. The lowest BCUT2D eigenvalue weighted by Crippen LogP contribution is -2.15. The number of benzene rings is 2. The number of halogens is 2. The Balaban J connectivity index is 0.000000182. The van der Waals surface area contributed by atoms with Crippen LogP contribution in [0.5, 0.6) is 11.5 Å². The molecule has 2 saturated carbocycles. The third-order valence-corrected chi connectivity index (χ3v) is 13.3. The molecule has 2 heterocycles. The number of allylic oxidation sites excluding steroid dienone is 4. The van der Waals surface area contributed by atoms with Gasteiger partial charge in [-0.05, 0) is 165 Å². The van der Waals surface area contributed by atoms with Gasteiger partial charge in [-0.1, -0.05) is 70.4 Å². The number of aromatic nitrogens is 2. The molecular weight excluding hydrogens is 884 g/mol. The van der Waals surface area contributed by atoms with Crippen LogP contribution < -0.4 is 9.47 Å². The lowest BCUT2D eigenvalue weighted by Gasteiger charge is -2.23. The van der Waals surface area contributed by atoms with E-state index in [4.69, 9.17) is 14.2 Å². The van der Waals surface area contributed by atoms with Gasteiger partial charge >= 0.3 is 11.9 Å². The van der Waals surface area contributed by atoms with Crippen molar-refractivity contribution >= 4 is 66.1 Å². The zero-order chi connectivity index (χ0) is 41.8. The SMILES string of the molecule is CCOC(=O)c1cncc(C2=C(c3cc(Br)ccc3OCC3CCCCC3)CCC2)c1.O=C(O)c1cncc(C2=C(c3cc(Br)ccc3OCC3CCCCC3)CCC2)c1. The van der Waals surface area contributed by atoms with Gasteiger partial charge in [0.25, 0.3) is 0 Å². The lowest BCUT2D eigenvalue weighted by molar-refractivity contribution is 0.0525. The Labute approximate surface area is 371 Å². The van der Waals surface area contributed by atoms with Crippen LogP contribution in [0.2, 0.25) is 0 Å². The van der Waals surface area contributed by atoms with Crippen LogP contribution in [0.25, 0.3) is 22.3 Å². The van der Waals surface area contributed by atoms with Gasteiger partial charge < -0.3 is 19.3 Å². The highest BCUT2D eigenvalue weighted by Crippen LogP contribution is 2.45. The first kappa shape index (κ1) is 43.8. The highest BCUT2D eigenvalue weighted by Gasteiger charge is 2.25. The largest absolute Gasteiger partial charge is 0.493 e. The summed E-state index contributed by atoms with van der Waals surface area (Å²) in [5, 5.41) is 9.33. The van der Waals surface area contributed by atoms with Crippen molar-refractivity contribution in [3.8, 4) is 11.5 Å². The number of hydrogen-bond donors (Lipinski definition) is 1. The molecule has 2 fully saturated rings. The molecule has 0 amide bonds. The molecular formula is C50H56Br2N2O6. The van der Waals surface area contributed by atoms with Gasteiger partial charge in [0.2, 0.25) is 0 Å². The van der Waals surface area contributed by atoms with Gasteiger partial charge in [-0.15, -0.1) is 0 Å². The van der Waals surface area contributed by atoms with Crippen LogP contribution >= 0.6 is 31.9 Å². The van der Waals surface area contributed by atoms with Gasteiger partial charge in [0.1, 0.15) is 11.5 Å². The minimum absolute atomic E-state index is 0.226. The number of carbonyl (C=O) groups is 2. The number of hydrogen-bond acceptors (Lipinski definition) is 7. The summed E-state index contributed by atoms with van der Waals surface area (Å²) < 4.78 is 19.9. The molecule has 316 valence electrons. The maximum atomic E-state index is 12.2. The summed E-state index contributed by atoms with van der Waals surface area (Å²) in [6.07, 6.45) is 25.6. The number of carboxylic acids is 1. The van der Waals surface area contributed by atoms with E-state index in [1.54, 1.807) is 18.5 Å². The number of aromatic carboxylic acids is 1. The minimum atomic E-state index is -0.946. The standard InChI is InChI=1S/C26H30BrNO3.C24H26BrNO3/c1-2-30-26(29)20-13-19(15-28-16-20)22-9-6-10-23(22)24-14-21(27)11-12-25(24)31-17-18-7-4-3-5-8-18;25-19-9-10-23(29-15-16-5-2-1-3-6-16)22(12-19)21-8-4-7-20(21)17-11-18(24(27)28)14-26-13-17/h11-16,18H,2-10,17H2,1H3;9-14,16H,1-8,15H2,(H,27,28). The molecule has 0 radical (unpaired) electrons. The van der Waals surface area contributed by atoms with Gasteiger partial charge in [-0.25, -0.2) is 9.59 Å². The van der Waals surface area contributed by atoms with Crippen molar-refractivity contribution in [3.05, 3.63) is 116 Å². The molecule has 0 atom stereocenters. The number of pyridine rings is 2. The van der Waals surface area contributed by atoms with Crippen LogP contribution in [0.3, 0.4) is 0 Å². The van der Waals surface area contributed by atoms with Gasteiger partial charge in [0.05, 0.1) is 30.9 Å². The van der Waals surface area contributed by atoms with Crippen LogP contribution in [0.15, 0.2) is 82.3 Å². The maximum absolute atomic E-state index is 12.2. The second-order valence-corrected chi connectivity index (χ2v) is 18.3. The second kappa shape index (κ2) is 21.5. The molecule has 4 aliphatic carbocycles. The molecule has 0 saturated heterocycles. The van der Waals surface area contributed by atoms with Crippen molar-refractivity contribution in [1.29, 1.82) is 0 Å². The fourth-order valence-corrected chi connectivity index (χ4v) is 9.94. The molecule has 4 aliphatic rings. The van der Waals surface area contributed by atoms with Crippen molar-refractivity contribution in [2.24, 2.45) is 11.8 Å². The number of esters is 1. The van der Waals surface area contributed by atoms with Crippen molar-refractivity contribution < 1.29 is 28.9 Å². The quantitative estimate of drug-likeness (QED) is 0.132. The van der Waals surface area contributed by atoms with E-state index in [2.05, 4.69) is 72.2 Å². The third kappa shape index (κ3) is 11.3. The fourth-order valence-electron chi connectivity index (χ4n) is 9.22. The Morgan fingerprint density at radius 1 is 0.600 bits per heavy atom. The van der Waals surface area contributed by atoms with E-state index in [-0.39, 0.29) is 11.5 Å². The monoisotopic (exact) mass is 938 g/mol. The van der Waals surface area contributed by atoms with E-state index in [0.717, 1.165) is 94.4 Å². The summed E-state index contributed by atoms with van der Waals surface area (Å²) in [5.41, 5.74) is 9.86. The van der Waals surface area contributed by atoms with E-state index in [1.807, 2.05) is 25.3 Å². The average Bonchev–Trinajstić information content (AvgIpc) is 3.98. The summed E-state index contributed by atoms with van der Waals surface area (Å²) in [6, 6.07) is 16.2. The molecule has 60 heavy (non-hydrogen) atoms. The Bertz CT molecular complexity index is 2200. The van der Waals surface area contributed by atoms with E-state index in [1.165, 1.54) is 92.7 Å². The highest BCUT2D eigenvalue weighted by molar-refractivity contribution is 9.10. The summed E-state index contributed by atoms with van der Waals surface area (Å²) in [5.74, 6) is 1.92. The Kier molecular flexibility index (Phi) is 15.7. The van der Waals surface area contributed by atoms with Crippen molar-refractivity contribution in [3.63, 3.8) is 0 Å². The molecule has 2 aromatic carbocycles. The van der Waals surface area contributed by atoms with Crippen LogP contribution in [-0.2, 0) is 4.74 Å². The molecule has 0 spiro atoms. The Hall–Kier alpha value is -4.28. The molecule has 10 heteroatoms. The molecule has 8 nitrogen and oxygen atoms in total. The average molecular weight is 941 g/mol. The van der Waals surface area contributed by atoms with E-state index in [0.29, 0.717) is 24.0 Å². The topological polar surface area (TPSA) is 108 Å². The number of carbonyl (C=O) groups excluding carboxylic acids is 1. The van der Waals surface area contributed by atoms with Gasteiger partial charge in [0, 0.05) is 44.9 Å². The predicted molar refractivity (Wildman–Crippen MR) is 245 cm³/mol.